The van der Waals surface area contributed by atoms with Gasteiger partial charge >= 0.3 is 0 Å². The van der Waals surface area contributed by atoms with Crippen LogP contribution in [-0.4, -0.2) is 20.7 Å². The molecule has 0 bridgehead atoms. The Kier molecular flexibility index (Phi) is 3.06. The van der Waals surface area contributed by atoms with Crippen LogP contribution in [0.25, 0.3) is 10.8 Å². The molecule has 0 unspecified atom stereocenters. The second-order valence-corrected chi connectivity index (χ2v) is 4.85. The van der Waals surface area contributed by atoms with E-state index in [1.807, 2.05) is 37.3 Å². The maximum atomic E-state index is 12.5. The second-order valence-electron chi connectivity index (χ2n) is 4.85. The number of amides is 1. The number of nitrogen functional groups attached to an aromatic ring is 1. The van der Waals surface area contributed by atoms with Crippen LogP contribution in [0.3, 0.4) is 0 Å². The van der Waals surface area contributed by atoms with Crippen LogP contribution in [0.15, 0.2) is 36.5 Å². The number of nitrogens with zero attached hydrogens (tertiary/aromatic N) is 3. The lowest BCUT2D eigenvalue weighted by molar-refractivity contribution is 0.102. The van der Waals surface area contributed by atoms with Crippen molar-refractivity contribution in [1.82, 2.24) is 14.8 Å². The van der Waals surface area contributed by atoms with Gasteiger partial charge in [0.2, 0.25) is 0 Å². The van der Waals surface area contributed by atoms with Crippen molar-refractivity contribution in [2.24, 2.45) is 7.05 Å². The summed E-state index contributed by atoms with van der Waals surface area (Å²) in [5, 5.41) is 8.59. The van der Waals surface area contributed by atoms with E-state index in [2.05, 4.69) is 15.4 Å². The smallest absolute Gasteiger partial charge is 0.259 e. The van der Waals surface area contributed by atoms with Gasteiger partial charge in [0.15, 0.2) is 0 Å². The van der Waals surface area contributed by atoms with E-state index < -0.39 is 0 Å². The first-order valence-corrected chi connectivity index (χ1v) is 6.51. The molecule has 0 atom stereocenters. The van der Waals surface area contributed by atoms with E-state index >= 15 is 0 Å². The predicted octanol–water partition coefficient (Wildman–Crippen LogP) is 2.11. The van der Waals surface area contributed by atoms with Gasteiger partial charge in [-0.2, -0.15) is 5.10 Å². The molecular formula is C15H15N5O. The topological polar surface area (TPSA) is 85.8 Å². The predicted molar refractivity (Wildman–Crippen MR) is 82.1 cm³/mol. The van der Waals surface area contributed by atoms with E-state index in [0.717, 1.165) is 16.5 Å². The molecule has 6 heteroatoms. The van der Waals surface area contributed by atoms with Crippen LogP contribution >= 0.6 is 0 Å². The Morgan fingerprint density at radius 2 is 2.00 bits per heavy atom. The summed E-state index contributed by atoms with van der Waals surface area (Å²) in [6.45, 7) is 1.87. The summed E-state index contributed by atoms with van der Waals surface area (Å²) < 4.78 is 1.63. The second kappa shape index (κ2) is 4.90. The maximum Gasteiger partial charge on any atom is 0.259 e. The Bertz CT molecular complexity index is 837. The Morgan fingerprint density at radius 3 is 2.67 bits per heavy atom. The Balaban J connectivity index is 2.02. The first kappa shape index (κ1) is 13.1. The maximum absolute atomic E-state index is 12.5. The molecule has 0 saturated heterocycles. The Morgan fingerprint density at radius 1 is 1.29 bits per heavy atom. The highest BCUT2D eigenvalue weighted by Gasteiger charge is 2.14. The molecule has 21 heavy (non-hydrogen) atoms. The lowest BCUT2D eigenvalue weighted by Crippen LogP contribution is -2.15. The van der Waals surface area contributed by atoms with E-state index in [0.29, 0.717) is 17.2 Å². The summed E-state index contributed by atoms with van der Waals surface area (Å²) >= 11 is 0. The number of nitrogens with two attached hydrogens (primary N) is 1. The van der Waals surface area contributed by atoms with Crippen LogP contribution in [0.2, 0.25) is 0 Å². The first-order chi connectivity index (χ1) is 10.1. The number of nitrogens with one attached hydrogen (secondary N) is 1. The van der Waals surface area contributed by atoms with Crippen LogP contribution in [0.4, 0.5) is 11.6 Å². The van der Waals surface area contributed by atoms with Gasteiger partial charge in [0.05, 0.1) is 11.3 Å². The van der Waals surface area contributed by atoms with Crippen molar-refractivity contribution >= 4 is 28.3 Å². The van der Waals surface area contributed by atoms with E-state index in [9.17, 15) is 4.79 Å². The number of hydrogen-bond acceptors (Lipinski definition) is 4. The van der Waals surface area contributed by atoms with E-state index in [-0.39, 0.29) is 5.91 Å². The van der Waals surface area contributed by atoms with Crippen LogP contribution in [0, 0.1) is 6.92 Å². The molecular weight excluding hydrogens is 266 g/mol. The largest absolute Gasteiger partial charge is 0.383 e. The van der Waals surface area contributed by atoms with Crippen molar-refractivity contribution in [2.45, 2.75) is 6.92 Å². The third kappa shape index (κ3) is 2.31. The van der Waals surface area contributed by atoms with Crippen molar-refractivity contribution in [3.05, 3.63) is 47.8 Å². The van der Waals surface area contributed by atoms with Gasteiger partial charge in [-0.25, -0.2) is 4.98 Å². The number of benzene rings is 1. The molecule has 6 nitrogen and oxygen atoms in total. The molecule has 3 aromatic rings. The molecule has 0 saturated carbocycles. The van der Waals surface area contributed by atoms with Crippen molar-refractivity contribution < 1.29 is 4.79 Å². The molecule has 2 aromatic heterocycles. The van der Waals surface area contributed by atoms with Crippen LogP contribution in [-0.2, 0) is 7.05 Å². The van der Waals surface area contributed by atoms with Gasteiger partial charge < -0.3 is 11.1 Å². The lowest BCUT2D eigenvalue weighted by Gasteiger charge is -2.09. The van der Waals surface area contributed by atoms with Gasteiger partial charge in [-0.3, -0.25) is 9.48 Å². The summed E-state index contributed by atoms with van der Waals surface area (Å²) in [6.07, 6.45) is 1.50. The number of carbonyl (C=O) groups is 1. The number of pyridine rings is 1. The fourth-order valence-corrected chi connectivity index (χ4v) is 2.31. The highest BCUT2D eigenvalue weighted by molar-refractivity contribution is 6.13. The third-order valence-electron chi connectivity index (χ3n) is 3.31. The summed E-state index contributed by atoms with van der Waals surface area (Å²) in [5.74, 6) is 0.818. The minimum Gasteiger partial charge on any atom is -0.383 e. The van der Waals surface area contributed by atoms with Crippen LogP contribution in [0.1, 0.15) is 16.1 Å². The molecule has 1 amide bonds. The highest BCUT2D eigenvalue weighted by Crippen LogP contribution is 2.23. The summed E-state index contributed by atoms with van der Waals surface area (Å²) in [7, 11) is 1.78. The zero-order valence-corrected chi connectivity index (χ0v) is 11.8. The van der Waals surface area contributed by atoms with Gasteiger partial charge in [-0.05, 0) is 12.3 Å². The zero-order chi connectivity index (χ0) is 15.0. The normalized spacial score (nSPS) is 10.8. The standard InChI is InChI=1S/C15H15N5O/c1-9-7-13(20(2)19-9)18-15(21)12-8-17-14(16)11-6-4-3-5-10(11)12/h3-8H,1-2H3,(H2,16,17)(H,18,21). The minimum absolute atomic E-state index is 0.235. The molecule has 0 radical (unpaired) electrons. The molecule has 2 heterocycles. The first-order valence-electron chi connectivity index (χ1n) is 6.51. The molecule has 0 aliphatic carbocycles. The summed E-state index contributed by atoms with van der Waals surface area (Å²) in [4.78, 5) is 16.6. The Hall–Kier alpha value is -2.89. The number of fused-ring (bicyclic) bond motifs is 1. The summed E-state index contributed by atoms with van der Waals surface area (Å²) in [5.41, 5.74) is 7.17. The van der Waals surface area contributed by atoms with Crippen LogP contribution < -0.4 is 11.1 Å². The highest BCUT2D eigenvalue weighted by atomic mass is 16.1. The van der Waals surface area contributed by atoms with Gasteiger partial charge in [0.25, 0.3) is 5.91 Å². The van der Waals surface area contributed by atoms with Gasteiger partial charge in [-0.1, -0.05) is 24.3 Å². The average molecular weight is 281 g/mol. The number of aryl methyl sites for hydroxylation is 2. The zero-order valence-electron chi connectivity index (χ0n) is 11.8. The Labute approximate surface area is 121 Å². The van der Waals surface area contributed by atoms with E-state index in [1.54, 1.807) is 11.7 Å². The fourth-order valence-electron chi connectivity index (χ4n) is 2.31. The third-order valence-corrected chi connectivity index (χ3v) is 3.31. The molecule has 0 fully saturated rings. The average Bonchev–Trinajstić information content (AvgIpc) is 2.77. The van der Waals surface area contributed by atoms with E-state index in [1.165, 1.54) is 6.20 Å². The lowest BCUT2D eigenvalue weighted by atomic mass is 10.1. The number of aromatic nitrogens is 3. The van der Waals surface area contributed by atoms with Crippen molar-refractivity contribution in [1.29, 1.82) is 0 Å². The molecule has 3 N–H and O–H groups in total. The molecule has 0 aliphatic rings. The fraction of sp³-hybridized carbons (Fsp3) is 0.133. The molecule has 1 aromatic carbocycles. The van der Waals surface area contributed by atoms with Crippen molar-refractivity contribution in [2.75, 3.05) is 11.1 Å². The molecule has 3 rings (SSSR count). The van der Waals surface area contributed by atoms with Crippen LogP contribution in [0.5, 0.6) is 0 Å². The van der Waals surface area contributed by atoms with Gasteiger partial charge in [-0.15, -0.1) is 0 Å². The van der Waals surface area contributed by atoms with Crippen molar-refractivity contribution in [3.8, 4) is 0 Å². The number of hydrogen-bond donors (Lipinski definition) is 2. The molecule has 106 valence electrons. The minimum atomic E-state index is -0.235. The number of anilines is 2. The monoisotopic (exact) mass is 281 g/mol. The van der Waals surface area contributed by atoms with Crippen molar-refractivity contribution in [3.63, 3.8) is 0 Å². The van der Waals surface area contributed by atoms with Gasteiger partial charge in [0, 0.05) is 24.7 Å². The molecule has 0 spiro atoms. The SMILES string of the molecule is Cc1cc(NC(=O)c2cnc(N)c3ccccc23)n(C)n1. The quantitative estimate of drug-likeness (QED) is 0.753. The number of rotatable bonds is 2. The van der Waals surface area contributed by atoms with Gasteiger partial charge in [0.1, 0.15) is 11.6 Å². The number of carbonyl (C=O) groups excluding carboxylic acids is 1. The van der Waals surface area contributed by atoms with E-state index in [4.69, 9.17) is 5.73 Å². The summed E-state index contributed by atoms with van der Waals surface area (Å²) in [6, 6.07) is 9.25. The molecule has 0 aliphatic heterocycles.